The zero-order valence-electron chi connectivity index (χ0n) is 25.0. The molecule has 0 fully saturated rings. The Balaban J connectivity index is 1.85. The minimum atomic E-state index is 0.168. The van der Waals surface area contributed by atoms with E-state index in [1.807, 2.05) is 49.4 Å². The fourth-order valence-electron chi connectivity index (χ4n) is 4.49. The van der Waals surface area contributed by atoms with Crippen LogP contribution in [-0.4, -0.2) is 48.1 Å². The number of phenols is 3. The van der Waals surface area contributed by atoms with E-state index in [0.717, 1.165) is 33.6 Å². The summed E-state index contributed by atoms with van der Waals surface area (Å²) in [5.74, 6) is 2.58. The van der Waals surface area contributed by atoms with Gasteiger partial charge in [0.25, 0.3) is 4.29 Å². The lowest BCUT2D eigenvalue weighted by molar-refractivity contribution is 0.370. The Morgan fingerprint density at radius 1 is 0.553 bits per heavy atom. The Bertz CT molecular complexity index is 1520. The largest absolute Gasteiger partial charge is 0.504 e. The van der Waals surface area contributed by atoms with Gasteiger partial charge in [0.1, 0.15) is 5.75 Å². The summed E-state index contributed by atoms with van der Waals surface area (Å²) in [7, 11) is 6.16. The summed E-state index contributed by atoms with van der Waals surface area (Å²) in [6, 6.07) is 18.7. The van der Waals surface area contributed by atoms with Gasteiger partial charge in [-0.1, -0.05) is 18.2 Å². The van der Waals surface area contributed by atoms with Crippen molar-refractivity contribution >= 4 is 0 Å². The first-order valence-corrected chi connectivity index (χ1v) is 12.0. The van der Waals surface area contributed by atoms with E-state index in [4.69, 9.17) is 33.5 Å². The average Bonchev–Trinajstić information content (AvgIpc) is 3.00. The molecule has 4 rings (SSSR count). The SMILES string of the molecule is [2H]Oc1ccc(Cc2cc(OC)c(O[2H])c(-c3cc(Cc4ccc(C)c(OC)c4)cc(OC)c3O[2H])c2)cc1OC. The van der Waals surface area contributed by atoms with Gasteiger partial charge in [-0.25, -0.2) is 0 Å². The third-order valence-corrected chi connectivity index (χ3v) is 6.48. The fraction of sp³-hybridized carbons (Fsp3) is 0.226. The van der Waals surface area contributed by atoms with Gasteiger partial charge in [0, 0.05) is 11.1 Å². The molecule has 0 aliphatic rings. The second kappa shape index (κ2) is 11.3. The van der Waals surface area contributed by atoms with E-state index in [1.54, 1.807) is 25.3 Å². The lowest BCUT2D eigenvalue weighted by atomic mass is 9.94. The van der Waals surface area contributed by atoms with Gasteiger partial charge in [-0.15, -0.1) is 0 Å². The van der Waals surface area contributed by atoms with Gasteiger partial charge >= 0.3 is 0 Å². The highest BCUT2D eigenvalue weighted by Gasteiger charge is 2.20. The number of hydrogen-bond acceptors (Lipinski definition) is 7. The number of phenolic OH excluding ortho intramolecular Hbond substituents is 3. The third-order valence-electron chi connectivity index (χ3n) is 6.48. The van der Waals surface area contributed by atoms with Gasteiger partial charge in [-0.3, -0.25) is 0 Å². The maximum absolute atomic E-state index is 7.83. The molecule has 0 saturated heterocycles. The van der Waals surface area contributed by atoms with Crippen molar-refractivity contribution in [2.45, 2.75) is 19.8 Å². The highest BCUT2D eigenvalue weighted by molar-refractivity contribution is 5.81. The van der Waals surface area contributed by atoms with Crippen molar-refractivity contribution in [3.05, 3.63) is 88.5 Å². The Morgan fingerprint density at radius 3 is 1.50 bits per heavy atom. The zero-order chi connectivity index (χ0) is 29.5. The molecular weight excluding hydrogens is 484 g/mol. The molecule has 0 atom stereocenters. The number of methoxy groups -OCH3 is 4. The predicted octanol–water partition coefficient (Wildman–Crippen LogP) is 5.99. The summed E-state index contributed by atoms with van der Waals surface area (Å²) >= 11 is 0. The molecule has 0 aromatic heterocycles. The average molecular weight is 520 g/mol. The number of aromatic hydroxyl groups is 3. The lowest BCUT2D eigenvalue weighted by Crippen LogP contribution is -1.97. The molecule has 0 aliphatic heterocycles. The number of benzene rings is 4. The van der Waals surface area contributed by atoms with Gasteiger partial charge in [-0.2, -0.15) is 0 Å². The van der Waals surface area contributed by atoms with E-state index in [1.165, 1.54) is 21.3 Å². The number of ether oxygens (including phenoxy) is 4. The Hall–Kier alpha value is -4.52. The minimum absolute atomic E-state index is 0.168. The molecule has 7 heteroatoms. The maximum atomic E-state index is 7.83. The molecular formula is C31H32O7. The van der Waals surface area contributed by atoms with Crippen LogP contribution in [0.4, 0.5) is 0 Å². The normalized spacial score (nSPS) is 11.6. The molecule has 0 saturated carbocycles. The quantitative estimate of drug-likeness (QED) is 0.211. The molecule has 0 heterocycles. The van der Waals surface area contributed by atoms with E-state index < -0.39 is 0 Å². The smallest absolute Gasteiger partial charge is 0.293 e. The molecule has 7 nitrogen and oxygen atoms in total. The second-order valence-electron chi connectivity index (χ2n) is 8.99. The van der Waals surface area contributed by atoms with Crippen molar-refractivity contribution < 1.29 is 34.3 Å². The van der Waals surface area contributed by atoms with E-state index in [2.05, 4.69) is 5.11 Å². The Labute approximate surface area is 226 Å². The van der Waals surface area contributed by atoms with Crippen LogP contribution in [0.5, 0.6) is 40.2 Å². The highest BCUT2D eigenvalue weighted by Crippen LogP contribution is 2.46. The summed E-state index contributed by atoms with van der Waals surface area (Å²) in [4.78, 5) is 0. The van der Waals surface area contributed by atoms with Crippen LogP contribution >= 0.6 is 0 Å². The van der Waals surface area contributed by atoms with Crippen LogP contribution in [0.3, 0.4) is 0 Å². The maximum Gasteiger partial charge on any atom is 0.293 e. The predicted molar refractivity (Wildman–Crippen MR) is 146 cm³/mol. The van der Waals surface area contributed by atoms with Crippen molar-refractivity contribution in [2.75, 3.05) is 28.4 Å². The number of hydrogen-bond donors (Lipinski definition) is 3. The van der Waals surface area contributed by atoms with Gasteiger partial charge in [0.05, 0.1) is 28.4 Å². The molecule has 0 spiro atoms. The van der Waals surface area contributed by atoms with Gasteiger partial charge in [0.2, 0.25) is 0 Å². The first-order chi connectivity index (χ1) is 19.9. The highest BCUT2D eigenvalue weighted by atomic mass is 16.5. The van der Waals surface area contributed by atoms with Gasteiger partial charge in [0.15, 0.2) is 34.5 Å². The van der Waals surface area contributed by atoms with Crippen molar-refractivity contribution in [3.63, 3.8) is 0 Å². The molecule has 0 radical (unpaired) electrons. The molecule has 0 bridgehead atoms. The molecule has 0 amide bonds. The standard InChI is InChI=1S/C31H32O7/c1-18-6-7-19(14-26(18)35-2)10-21-12-23(30(33)28(16-21)37-4)24-13-22(17-29(38-5)31(24)34)11-20-8-9-25(32)27(15-20)36-3/h6-9,12-17,32-34H,10-11H2,1-5H3/i/hD3. The Kier molecular flexibility index (Phi) is 6.71. The van der Waals surface area contributed by atoms with Crippen LogP contribution < -0.4 is 18.9 Å². The van der Waals surface area contributed by atoms with Crippen molar-refractivity contribution in [1.82, 2.24) is 0 Å². The van der Waals surface area contributed by atoms with E-state index in [-0.39, 0.29) is 11.5 Å². The number of rotatable bonds is 12. The van der Waals surface area contributed by atoms with Crippen LogP contribution in [0.2, 0.25) is 0 Å². The van der Waals surface area contributed by atoms with Crippen LogP contribution in [0.15, 0.2) is 60.7 Å². The van der Waals surface area contributed by atoms with Crippen LogP contribution in [-0.2, 0) is 12.8 Å². The number of aryl methyl sites for hydroxylation is 1. The summed E-state index contributed by atoms with van der Waals surface area (Å²) < 4.78 is 45.0. The topological polar surface area (TPSA) is 97.6 Å². The summed E-state index contributed by atoms with van der Waals surface area (Å²) in [5.41, 5.74) is 5.68. The summed E-state index contributed by atoms with van der Waals surface area (Å²) in [6.07, 6.45) is 1.02. The zero-order valence-corrected chi connectivity index (χ0v) is 22.0. The van der Waals surface area contributed by atoms with E-state index in [0.29, 0.717) is 47.0 Å². The first-order valence-electron chi connectivity index (χ1n) is 13.2. The molecule has 3 N–H and O–H groups in total. The Morgan fingerprint density at radius 2 is 1.03 bits per heavy atom. The van der Waals surface area contributed by atoms with Crippen molar-refractivity contribution in [1.29, 1.82) is 4.29 Å². The molecule has 38 heavy (non-hydrogen) atoms. The van der Waals surface area contributed by atoms with Crippen molar-refractivity contribution in [3.8, 4) is 51.4 Å². The van der Waals surface area contributed by atoms with Gasteiger partial charge in [-0.05, 0) is 90.0 Å². The fourth-order valence-corrected chi connectivity index (χ4v) is 4.49. The molecule has 0 aliphatic carbocycles. The van der Waals surface area contributed by atoms with E-state index >= 15 is 0 Å². The second-order valence-corrected chi connectivity index (χ2v) is 8.99. The van der Waals surface area contributed by atoms with Crippen molar-refractivity contribution in [2.24, 2.45) is 0 Å². The molecule has 4 aromatic rings. The van der Waals surface area contributed by atoms with Crippen LogP contribution in [0, 0.1) is 6.92 Å². The lowest BCUT2D eigenvalue weighted by Gasteiger charge is -2.17. The van der Waals surface area contributed by atoms with Gasteiger partial charge < -0.3 is 34.3 Å². The minimum Gasteiger partial charge on any atom is -0.504 e. The third kappa shape index (κ3) is 5.42. The molecule has 4 aromatic carbocycles. The van der Waals surface area contributed by atoms with Crippen LogP contribution in [0.25, 0.3) is 11.1 Å². The molecule has 198 valence electrons. The summed E-state index contributed by atoms with van der Waals surface area (Å²) in [6.45, 7) is 1.99. The summed E-state index contributed by atoms with van der Waals surface area (Å²) in [5, 5.41) is 14.7. The van der Waals surface area contributed by atoms with Crippen LogP contribution in [0.1, 0.15) is 27.8 Å². The first kappa shape index (κ1) is 22.7. The monoisotopic (exact) mass is 519 g/mol. The molecule has 0 unspecified atom stereocenters. The van der Waals surface area contributed by atoms with E-state index in [9.17, 15) is 0 Å².